The molecule has 0 atom stereocenters. The van der Waals surface area contributed by atoms with E-state index in [1.165, 1.54) is 41.6 Å². The lowest BCUT2D eigenvalue weighted by molar-refractivity contribution is -0.710. The van der Waals surface area contributed by atoms with Crippen molar-refractivity contribution >= 4 is 23.4 Å². The topological polar surface area (TPSA) is 92.8 Å². The summed E-state index contributed by atoms with van der Waals surface area (Å²) in [5.41, 5.74) is 3.23. The summed E-state index contributed by atoms with van der Waals surface area (Å²) in [5, 5.41) is 20.2. The van der Waals surface area contributed by atoms with E-state index in [9.17, 15) is 17.6 Å². The number of β-amino-alcohol motifs (C(OH)–C–C–N with tert-alkyl or cyclic N) is 1. The van der Waals surface area contributed by atoms with Gasteiger partial charge in [-0.1, -0.05) is 6.07 Å². The van der Waals surface area contributed by atoms with Crippen LogP contribution in [0.2, 0.25) is 0 Å². The molecular weight excluding hydrogens is 480 g/mol. The molecule has 0 bridgehead atoms. The molecule has 1 aromatic carbocycles. The molecule has 1 fully saturated rings. The van der Waals surface area contributed by atoms with Crippen molar-refractivity contribution in [2.45, 2.75) is 6.18 Å². The summed E-state index contributed by atoms with van der Waals surface area (Å²) < 4.78 is 53.0. The number of aliphatic hydroxyl groups excluding tert-OH is 1. The predicted molar refractivity (Wildman–Crippen MR) is 126 cm³/mol. The number of aliphatic hydroxyl groups is 1. The summed E-state index contributed by atoms with van der Waals surface area (Å²) in [5.74, 6) is -0.245. The SMILES string of the molecule is OCCN1CCN(c2n[n+](N/N=C/c3ccc(Nc4cccc(C(F)(F)F)c4)cn3)ccc2F)CC1. The Morgan fingerprint density at radius 3 is 2.58 bits per heavy atom. The maximum atomic E-state index is 14.4. The first-order valence-corrected chi connectivity index (χ1v) is 11.2. The molecule has 0 unspecified atom stereocenters. The number of nitrogens with zero attached hydrogens (tertiary/aromatic N) is 6. The van der Waals surface area contributed by atoms with Gasteiger partial charge in [0.05, 0.1) is 24.1 Å². The lowest BCUT2D eigenvalue weighted by Gasteiger charge is -2.34. The van der Waals surface area contributed by atoms with Crippen LogP contribution in [0.3, 0.4) is 0 Å². The molecule has 3 N–H and O–H groups in total. The van der Waals surface area contributed by atoms with Crippen molar-refractivity contribution in [2.75, 3.05) is 55.1 Å². The van der Waals surface area contributed by atoms with Gasteiger partial charge in [0.2, 0.25) is 5.82 Å². The van der Waals surface area contributed by atoms with Gasteiger partial charge < -0.3 is 15.3 Å². The number of halogens is 4. The van der Waals surface area contributed by atoms with E-state index in [0.29, 0.717) is 49.8 Å². The number of pyridine rings is 1. The summed E-state index contributed by atoms with van der Waals surface area (Å²) in [6, 6.07) is 9.48. The lowest BCUT2D eigenvalue weighted by atomic mass is 10.2. The smallest absolute Gasteiger partial charge is 0.395 e. The van der Waals surface area contributed by atoms with E-state index in [1.807, 2.05) is 4.90 Å². The Kier molecular flexibility index (Phi) is 7.90. The quantitative estimate of drug-likeness (QED) is 0.187. The van der Waals surface area contributed by atoms with Crippen molar-refractivity contribution in [3.8, 4) is 0 Å². The molecule has 0 radical (unpaired) electrons. The predicted octanol–water partition coefficient (Wildman–Crippen LogP) is 2.36. The fourth-order valence-electron chi connectivity index (χ4n) is 3.64. The summed E-state index contributed by atoms with van der Waals surface area (Å²) >= 11 is 0. The van der Waals surface area contributed by atoms with Gasteiger partial charge in [-0.2, -0.15) is 13.2 Å². The van der Waals surface area contributed by atoms with Gasteiger partial charge >= 0.3 is 6.18 Å². The molecule has 0 saturated carbocycles. The molecule has 0 spiro atoms. The molecule has 1 saturated heterocycles. The van der Waals surface area contributed by atoms with E-state index >= 15 is 0 Å². The van der Waals surface area contributed by atoms with Gasteiger partial charge in [-0.15, -0.1) is 0 Å². The number of benzene rings is 1. The zero-order chi connectivity index (χ0) is 25.5. The fraction of sp³-hybridized carbons (Fsp3) is 0.304. The van der Waals surface area contributed by atoms with Crippen LogP contribution >= 0.6 is 0 Å². The third-order valence-electron chi connectivity index (χ3n) is 5.49. The van der Waals surface area contributed by atoms with Crippen LogP contribution in [0.5, 0.6) is 0 Å². The molecule has 0 amide bonds. The minimum absolute atomic E-state index is 0.0871. The fourth-order valence-corrected chi connectivity index (χ4v) is 3.64. The van der Waals surface area contributed by atoms with Gasteiger partial charge in [-0.3, -0.25) is 9.88 Å². The van der Waals surface area contributed by atoms with Crippen LogP contribution in [-0.4, -0.2) is 65.6 Å². The number of aromatic nitrogens is 3. The molecule has 0 aliphatic carbocycles. The molecule has 1 aliphatic heterocycles. The standard InChI is InChI=1S/C23H24F4N8O/c24-21-6-7-35(31-22(21)34-10-8-33(9-11-34)12-13-36)32-29-16-19-4-5-20(15-28-19)30-18-3-1-2-17(14-18)23(25,26)27/h1-7,14-16,31,36H,8-13H2/p+1. The highest BCUT2D eigenvalue weighted by Gasteiger charge is 2.30. The third kappa shape index (κ3) is 6.64. The normalized spacial score (nSPS) is 14.9. The van der Waals surface area contributed by atoms with Crippen LogP contribution in [0, 0.1) is 5.82 Å². The zero-order valence-corrected chi connectivity index (χ0v) is 19.2. The molecule has 1 aliphatic rings. The minimum atomic E-state index is -4.42. The number of piperazine rings is 1. The van der Waals surface area contributed by atoms with Gasteiger partial charge in [0.25, 0.3) is 0 Å². The largest absolute Gasteiger partial charge is 0.416 e. The maximum absolute atomic E-state index is 14.4. The van der Waals surface area contributed by atoms with E-state index in [-0.39, 0.29) is 12.4 Å². The first-order valence-electron chi connectivity index (χ1n) is 11.2. The van der Waals surface area contributed by atoms with E-state index in [2.05, 4.69) is 30.9 Å². The minimum Gasteiger partial charge on any atom is -0.395 e. The van der Waals surface area contributed by atoms with Crippen LogP contribution in [0.25, 0.3) is 0 Å². The number of hydrogen-bond acceptors (Lipinski definition) is 8. The van der Waals surface area contributed by atoms with E-state index in [4.69, 9.17) is 5.11 Å². The van der Waals surface area contributed by atoms with Crippen LogP contribution in [-0.2, 0) is 6.18 Å². The maximum Gasteiger partial charge on any atom is 0.416 e. The zero-order valence-electron chi connectivity index (χ0n) is 19.2. The van der Waals surface area contributed by atoms with Crippen molar-refractivity contribution in [1.82, 2.24) is 15.0 Å². The van der Waals surface area contributed by atoms with Crippen molar-refractivity contribution in [2.24, 2.45) is 5.10 Å². The molecule has 4 rings (SSSR count). The highest BCUT2D eigenvalue weighted by molar-refractivity contribution is 5.77. The second-order valence-corrected chi connectivity index (χ2v) is 8.02. The van der Waals surface area contributed by atoms with Crippen LogP contribution < -0.4 is 20.5 Å². The first-order chi connectivity index (χ1) is 17.3. The van der Waals surface area contributed by atoms with E-state index in [1.54, 1.807) is 12.1 Å². The van der Waals surface area contributed by atoms with Crippen LogP contribution in [0.15, 0.2) is 60.0 Å². The monoisotopic (exact) mass is 505 g/mol. The Hall–Kier alpha value is -3.84. The number of anilines is 3. The number of alkyl halides is 3. The van der Waals surface area contributed by atoms with Gasteiger partial charge in [0.1, 0.15) is 11.9 Å². The molecule has 13 heteroatoms. The number of rotatable bonds is 8. The average molecular weight is 506 g/mol. The highest BCUT2D eigenvalue weighted by atomic mass is 19.4. The van der Waals surface area contributed by atoms with Crippen molar-refractivity contribution in [3.63, 3.8) is 0 Å². The van der Waals surface area contributed by atoms with E-state index < -0.39 is 17.6 Å². The Morgan fingerprint density at radius 1 is 1.08 bits per heavy atom. The summed E-state index contributed by atoms with van der Waals surface area (Å²) in [6.07, 6.45) is -0.122. The third-order valence-corrected chi connectivity index (χ3v) is 5.49. The summed E-state index contributed by atoms with van der Waals surface area (Å²) in [6.45, 7) is 3.25. The number of hydrazone groups is 1. The second kappa shape index (κ2) is 11.3. The molecule has 36 heavy (non-hydrogen) atoms. The van der Waals surface area contributed by atoms with Gasteiger partial charge in [-0.05, 0) is 45.8 Å². The van der Waals surface area contributed by atoms with Gasteiger partial charge in [-0.25, -0.2) is 4.39 Å². The van der Waals surface area contributed by atoms with Crippen molar-refractivity contribution < 1.29 is 27.5 Å². The molecule has 9 nitrogen and oxygen atoms in total. The summed E-state index contributed by atoms with van der Waals surface area (Å²) in [4.78, 5) is 9.42. The Morgan fingerprint density at radius 2 is 1.89 bits per heavy atom. The molecule has 190 valence electrons. The lowest BCUT2D eigenvalue weighted by Crippen LogP contribution is -2.51. The summed E-state index contributed by atoms with van der Waals surface area (Å²) in [7, 11) is 0. The van der Waals surface area contributed by atoms with E-state index in [0.717, 1.165) is 12.1 Å². The second-order valence-electron chi connectivity index (χ2n) is 8.02. The first kappa shape index (κ1) is 25.3. The Bertz CT molecular complexity index is 1180. The number of nitrogens with one attached hydrogen (secondary N) is 2. The van der Waals surface area contributed by atoms with Crippen LogP contribution in [0.4, 0.5) is 34.8 Å². The van der Waals surface area contributed by atoms with Crippen molar-refractivity contribution in [3.05, 3.63) is 71.9 Å². The highest BCUT2D eigenvalue weighted by Crippen LogP contribution is 2.31. The molecule has 2 aromatic heterocycles. The Labute approximate surface area is 204 Å². The number of hydrogen-bond donors (Lipinski definition) is 3. The molecule has 3 aromatic rings. The Balaban J connectivity index is 1.34. The molecule has 3 heterocycles. The van der Waals surface area contributed by atoms with Crippen LogP contribution in [0.1, 0.15) is 11.3 Å². The average Bonchev–Trinajstić information content (AvgIpc) is 2.87. The van der Waals surface area contributed by atoms with Gasteiger partial charge in [0, 0.05) is 49.6 Å². The molecular formula is C23H25F4N8O+. The van der Waals surface area contributed by atoms with Crippen molar-refractivity contribution in [1.29, 1.82) is 0 Å². The van der Waals surface area contributed by atoms with Gasteiger partial charge in [0.15, 0.2) is 12.0 Å².